The quantitative estimate of drug-likeness (QED) is 0.643. The molecule has 24 heavy (non-hydrogen) atoms. The highest BCUT2D eigenvalue weighted by molar-refractivity contribution is 5.80. The highest BCUT2D eigenvalue weighted by Crippen LogP contribution is 2.19. The molecule has 1 aromatic rings. The lowest BCUT2D eigenvalue weighted by atomic mass is 10.2. The van der Waals surface area contributed by atoms with Crippen LogP contribution < -0.4 is 5.32 Å². The van der Waals surface area contributed by atoms with Crippen LogP contribution in [0.25, 0.3) is 0 Å². The molecular weight excluding hydrogens is 302 g/mol. The molecule has 7 nitrogen and oxygen atoms in total. The van der Waals surface area contributed by atoms with E-state index in [-0.39, 0.29) is 0 Å². The molecule has 0 amide bonds. The summed E-state index contributed by atoms with van der Waals surface area (Å²) in [6, 6.07) is 0.610. The molecule has 0 aromatic carbocycles. The van der Waals surface area contributed by atoms with Gasteiger partial charge in [0.15, 0.2) is 11.8 Å². The number of rotatable bonds is 5. The lowest BCUT2D eigenvalue weighted by Crippen LogP contribution is -2.53. The predicted octanol–water partition coefficient (Wildman–Crippen LogP) is 1.01. The van der Waals surface area contributed by atoms with Crippen LogP contribution in [0.2, 0.25) is 0 Å². The van der Waals surface area contributed by atoms with Crippen molar-refractivity contribution in [3.63, 3.8) is 0 Å². The molecule has 0 unspecified atom stereocenters. The molecule has 7 heteroatoms. The van der Waals surface area contributed by atoms with Crippen LogP contribution in [0, 0.1) is 12.8 Å². The average molecular weight is 333 g/mol. The van der Waals surface area contributed by atoms with Gasteiger partial charge in [0.2, 0.25) is 0 Å². The molecule has 2 fully saturated rings. The maximum absolute atomic E-state index is 4.85. The molecule has 2 heterocycles. The fourth-order valence-electron chi connectivity index (χ4n) is 3.04. The second-order valence-electron chi connectivity index (χ2n) is 7.46. The highest BCUT2D eigenvalue weighted by Gasteiger charge is 2.27. The van der Waals surface area contributed by atoms with Gasteiger partial charge in [0.05, 0.1) is 0 Å². The van der Waals surface area contributed by atoms with Gasteiger partial charge in [0.25, 0.3) is 0 Å². The Morgan fingerprint density at radius 3 is 2.46 bits per heavy atom. The first-order valence-electron chi connectivity index (χ1n) is 9.16. The number of nitrogens with zero attached hydrogens (tertiary/aromatic N) is 6. The smallest absolute Gasteiger partial charge is 0.194 e. The van der Waals surface area contributed by atoms with Crippen molar-refractivity contribution in [1.29, 1.82) is 0 Å². The Hall–Kier alpha value is -1.63. The third-order valence-electron chi connectivity index (χ3n) is 4.76. The van der Waals surface area contributed by atoms with Crippen molar-refractivity contribution >= 4 is 5.96 Å². The first kappa shape index (κ1) is 17.2. The number of aryl methyl sites for hydroxylation is 1. The lowest BCUT2D eigenvalue weighted by Gasteiger charge is -2.37. The second kappa shape index (κ2) is 7.51. The largest absolute Gasteiger partial charge is 0.353 e. The van der Waals surface area contributed by atoms with E-state index in [1.54, 1.807) is 0 Å². The summed E-state index contributed by atoms with van der Waals surface area (Å²) < 4.78 is 2.01. The first-order valence-corrected chi connectivity index (χ1v) is 9.16. The fraction of sp³-hybridized carbons (Fsp3) is 0.824. The molecule has 1 aliphatic carbocycles. The lowest BCUT2D eigenvalue weighted by molar-refractivity contribution is 0.163. The Morgan fingerprint density at radius 2 is 1.92 bits per heavy atom. The Kier molecular flexibility index (Phi) is 5.38. The molecular formula is C17H31N7. The van der Waals surface area contributed by atoms with E-state index in [2.05, 4.69) is 39.2 Å². The Labute approximate surface area is 145 Å². The number of hydrogen-bond donors (Lipinski definition) is 1. The molecule has 1 saturated heterocycles. The fourth-order valence-corrected chi connectivity index (χ4v) is 3.04. The van der Waals surface area contributed by atoms with Gasteiger partial charge < -0.3 is 14.8 Å². The summed E-state index contributed by atoms with van der Waals surface area (Å²) in [6.07, 6.45) is 2.52. The molecule has 3 rings (SSSR count). The van der Waals surface area contributed by atoms with E-state index in [9.17, 15) is 0 Å². The van der Waals surface area contributed by atoms with Crippen molar-refractivity contribution in [3.05, 3.63) is 11.6 Å². The van der Waals surface area contributed by atoms with Crippen LogP contribution in [0.4, 0.5) is 0 Å². The zero-order valence-corrected chi connectivity index (χ0v) is 15.5. The SMILES string of the molecule is Cc1nnc(CN=C(NC2CC2)N2CCN(CC(C)C)CC2)n1C. The summed E-state index contributed by atoms with van der Waals surface area (Å²) in [7, 11) is 2.00. The van der Waals surface area contributed by atoms with Gasteiger partial charge in [0, 0.05) is 45.8 Å². The van der Waals surface area contributed by atoms with E-state index in [0.29, 0.717) is 12.6 Å². The maximum atomic E-state index is 4.85. The molecule has 0 radical (unpaired) electrons. The molecule has 1 aliphatic heterocycles. The van der Waals surface area contributed by atoms with Crippen molar-refractivity contribution in [2.75, 3.05) is 32.7 Å². The molecule has 1 N–H and O–H groups in total. The highest BCUT2D eigenvalue weighted by atomic mass is 15.4. The topological polar surface area (TPSA) is 61.6 Å². The molecule has 2 aliphatic rings. The van der Waals surface area contributed by atoms with Crippen molar-refractivity contribution in [2.24, 2.45) is 18.0 Å². The van der Waals surface area contributed by atoms with Gasteiger partial charge in [-0.3, -0.25) is 4.90 Å². The van der Waals surface area contributed by atoms with Crippen molar-refractivity contribution in [1.82, 2.24) is 29.9 Å². The number of aromatic nitrogens is 3. The first-order chi connectivity index (χ1) is 11.5. The van der Waals surface area contributed by atoms with Crippen molar-refractivity contribution in [2.45, 2.75) is 46.2 Å². The van der Waals surface area contributed by atoms with Crippen LogP contribution in [0.1, 0.15) is 38.3 Å². The third kappa shape index (κ3) is 4.47. The van der Waals surface area contributed by atoms with Crippen LogP contribution in [0.5, 0.6) is 0 Å². The van der Waals surface area contributed by atoms with E-state index in [1.165, 1.54) is 19.4 Å². The maximum Gasteiger partial charge on any atom is 0.194 e. The predicted molar refractivity (Wildman–Crippen MR) is 95.9 cm³/mol. The summed E-state index contributed by atoms with van der Waals surface area (Å²) in [5.41, 5.74) is 0. The molecule has 1 aromatic heterocycles. The molecule has 0 atom stereocenters. The number of piperazine rings is 1. The standard InChI is InChI=1S/C17H31N7/c1-13(2)12-23-7-9-24(10-8-23)17(19-15-5-6-15)18-11-16-21-20-14(3)22(16)4/h13,15H,5-12H2,1-4H3,(H,18,19). The zero-order chi connectivity index (χ0) is 17.1. The molecule has 134 valence electrons. The number of aliphatic imine (C=N–C) groups is 1. The van der Waals surface area contributed by atoms with Crippen LogP contribution in [-0.2, 0) is 13.6 Å². The second-order valence-corrected chi connectivity index (χ2v) is 7.46. The number of nitrogens with one attached hydrogen (secondary N) is 1. The minimum Gasteiger partial charge on any atom is -0.353 e. The van der Waals surface area contributed by atoms with E-state index in [1.807, 2.05) is 18.5 Å². The summed E-state index contributed by atoms with van der Waals surface area (Å²) in [6.45, 7) is 12.6. The van der Waals surface area contributed by atoms with E-state index < -0.39 is 0 Å². The molecule has 0 bridgehead atoms. The van der Waals surface area contributed by atoms with Gasteiger partial charge in [0.1, 0.15) is 12.4 Å². The minimum absolute atomic E-state index is 0.582. The van der Waals surface area contributed by atoms with Crippen LogP contribution in [0.15, 0.2) is 4.99 Å². The van der Waals surface area contributed by atoms with Gasteiger partial charge in [-0.2, -0.15) is 0 Å². The summed E-state index contributed by atoms with van der Waals surface area (Å²) in [5.74, 6) is 3.62. The van der Waals surface area contributed by atoms with E-state index in [4.69, 9.17) is 4.99 Å². The Morgan fingerprint density at radius 1 is 1.21 bits per heavy atom. The monoisotopic (exact) mass is 333 g/mol. The normalized spacial score (nSPS) is 20.0. The van der Waals surface area contributed by atoms with Gasteiger partial charge >= 0.3 is 0 Å². The van der Waals surface area contributed by atoms with Crippen LogP contribution >= 0.6 is 0 Å². The summed E-state index contributed by atoms with van der Waals surface area (Å²) in [5, 5.41) is 12.0. The van der Waals surface area contributed by atoms with E-state index >= 15 is 0 Å². The summed E-state index contributed by atoms with van der Waals surface area (Å²) in [4.78, 5) is 9.81. The van der Waals surface area contributed by atoms with Crippen LogP contribution in [-0.4, -0.2) is 69.3 Å². The molecule has 0 spiro atoms. The van der Waals surface area contributed by atoms with Crippen LogP contribution in [0.3, 0.4) is 0 Å². The van der Waals surface area contributed by atoms with Crippen molar-refractivity contribution < 1.29 is 0 Å². The third-order valence-corrected chi connectivity index (χ3v) is 4.76. The zero-order valence-electron chi connectivity index (χ0n) is 15.5. The van der Waals surface area contributed by atoms with Gasteiger partial charge in [-0.05, 0) is 25.7 Å². The average Bonchev–Trinajstić information content (AvgIpc) is 3.31. The van der Waals surface area contributed by atoms with Crippen molar-refractivity contribution in [3.8, 4) is 0 Å². The van der Waals surface area contributed by atoms with E-state index in [0.717, 1.165) is 49.7 Å². The summed E-state index contributed by atoms with van der Waals surface area (Å²) >= 11 is 0. The number of hydrogen-bond acceptors (Lipinski definition) is 4. The number of guanidine groups is 1. The minimum atomic E-state index is 0.582. The Balaban J connectivity index is 1.61. The van der Waals surface area contributed by atoms with Gasteiger partial charge in [-0.15, -0.1) is 10.2 Å². The Bertz CT molecular complexity index is 565. The van der Waals surface area contributed by atoms with Gasteiger partial charge in [-0.1, -0.05) is 13.8 Å². The van der Waals surface area contributed by atoms with Gasteiger partial charge in [-0.25, -0.2) is 4.99 Å². The molecule has 1 saturated carbocycles.